The van der Waals surface area contributed by atoms with Crippen LogP contribution in [0.3, 0.4) is 0 Å². The van der Waals surface area contributed by atoms with Crippen LogP contribution in [-0.4, -0.2) is 0 Å². The van der Waals surface area contributed by atoms with Crippen molar-refractivity contribution in [3.63, 3.8) is 0 Å². The molecule has 0 amide bonds. The van der Waals surface area contributed by atoms with Crippen molar-refractivity contribution in [1.82, 2.24) is 0 Å². The Morgan fingerprint density at radius 1 is 0.373 bits per heavy atom. The van der Waals surface area contributed by atoms with Crippen LogP contribution in [0.4, 0.5) is 17.1 Å². The third kappa shape index (κ3) is 4.78. The Balaban J connectivity index is 1.17. The van der Waals surface area contributed by atoms with E-state index >= 15 is 0 Å². The summed E-state index contributed by atoms with van der Waals surface area (Å²) in [6.07, 6.45) is 0. The van der Waals surface area contributed by atoms with Crippen molar-refractivity contribution in [3.05, 3.63) is 257 Å². The quantitative estimate of drug-likeness (QED) is 0.163. The molecule has 0 aliphatic heterocycles. The van der Waals surface area contributed by atoms with E-state index in [1.54, 1.807) is 0 Å². The molecular weight excluding hydrogens is 731 g/mol. The fraction of sp³-hybridized carbons (Fsp3) is 0.0526. The first-order valence-corrected chi connectivity index (χ1v) is 21.3. The monoisotopic (exact) mass is 769 g/mol. The third-order valence-electron chi connectivity index (χ3n) is 13.2. The highest BCUT2D eigenvalue weighted by molar-refractivity contribution is 7.25. The van der Waals surface area contributed by atoms with Crippen molar-refractivity contribution in [1.29, 1.82) is 0 Å². The van der Waals surface area contributed by atoms with Crippen molar-refractivity contribution in [2.75, 3.05) is 4.90 Å². The SMILES string of the molecule is CC1(c2ccccc2)c2ccccc2-c2ccc(N(c3ccc4sc5ccccc5c4c3)c3cccc4c3-c3ccccc3C4(c3ccccc3)c3ccccc3)cc21. The molecule has 0 fully saturated rings. The van der Waals surface area contributed by atoms with Crippen LogP contribution < -0.4 is 4.90 Å². The molecule has 0 bridgehead atoms. The Kier molecular flexibility index (Phi) is 7.51. The van der Waals surface area contributed by atoms with Gasteiger partial charge >= 0.3 is 0 Å². The molecule has 0 spiro atoms. The van der Waals surface area contributed by atoms with Gasteiger partial charge in [0.25, 0.3) is 0 Å². The van der Waals surface area contributed by atoms with Crippen LogP contribution in [0.5, 0.6) is 0 Å². The van der Waals surface area contributed by atoms with Gasteiger partial charge in [0, 0.05) is 42.5 Å². The summed E-state index contributed by atoms with van der Waals surface area (Å²) in [6.45, 7) is 2.41. The summed E-state index contributed by atoms with van der Waals surface area (Å²) in [7, 11) is 0. The molecule has 2 aliphatic carbocycles. The van der Waals surface area contributed by atoms with E-state index in [0.717, 1.165) is 11.4 Å². The van der Waals surface area contributed by atoms with Gasteiger partial charge in [0.05, 0.1) is 11.1 Å². The lowest BCUT2D eigenvalue weighted by molar-refractivity contribution is 0.714. The van der Waals surface area contributed by atoms with E-state index < -0.39 is 5.41 Å². The molecule has 1 atom stereocenters. The van der Waals surface area contributed by atoms with Crippen LogP contribution in [0.25, 0.3) is 42.4 Å². The van der Waals surface area contributed by atoms with Crippen LogP contribution in [0.15, 0.2) is 218 Å². The molecule has 2 aliphatic rings. The van der Waals surface area contributed by atoms with E-state index in [9.17, 15) is 0 Å². The molecule has 59 heavy (non-hydrogen) atoms. The van der Waals surface area contributed by atoms with Gasteiger partial charge in [0.2, 0.25) is 0 Å². The lowest BCUT2D eigenvalue weighted by atomic mass is 9.68. The zero-order valence-electron chi connectivity index (χ0n) is 32.6. The second-order valence-corrected chi connectivity index (χ2v) is 17.2. The standard InChI is InChI=1S/C57H39NS/c1-56(38-18-5-2-6-19-38)48-27-14-11-24-43(48)44-34-32-42(37-51(44)56)58(41-33-35-54-47(36-41)45-25-13-16-31-53(45)59-54)52-30-17-29-50-55(52)46-26-12-15-28-49(46)57(50,39-20-7-3-8-21-39)40-22-9-4-10-23-40/h2-37H,1H3. The molecule has 0 saturated carbocycles. The van der Waals surface area contributed by atoms with Gasteiger partial charge in [0.1, 0.15) is 0 Å². The fourth-order valence-corrected chi connectivity index (χ4v) is 11.7. The summed E-state index contributed by atoms with van der Waals surface area (Å²) >= 11 is 1.87. The van der Waals surface area contributed by atoms with Crippen molar-refractivity contribution >= 4 is 48.6 Å². The van der Waals surface area contributed by atoms with E-state index in [2.05, 4.69) is 230 Å². The molecule has 1 aromatic heterocycles. The number of benzene rings is 9. The first kappa shape index (κ1) is 34.1. The molecule has 12 rings (SSSR count). The Bertz CT molecular complexity index is 3200. The molecule has 1 heterocycles. The van der Waals surface area contributed by atoms with E-state index in [1.165, 1.54) is 87.1 Å². The number of hydrogen-bond acceptors (Lipinski definition) is 2. The van der Waals surface area contributed by atoms with E-state index in [0.29, 0.717) is 0 Å². The molecule has 1 unspecified atom stereocenters. The predicted molar refractivity (Wildman–Crippen MR) is 249 cm³/mol. The second kappa shape index (κ2) is 13.0. The Morgan fingerprint density at radius 3 is 1.66 bits per heavy atom. The van der Waals surface area contributed by atoms with Gasteiger partial charge in [-0.1, -0.05) is 176 Å². The van der Waals surface area contributed by atoms with Crippen molar-refractivity contribution < 1.29 is 0 Å². The van der Waals surface area contributed by atoms with Gasteiger partial charge in [-0.2, -0.15) is 0 Å². The van der Waals surface area contributed by atoms with E-state index in [1.807, 2.05) is 11.3 Å². The number of hydrogen-bond donors (Lipinski definition) is 0. The number of nitrogens with zero attached hydrogens (tertiary/aromatic N) is 1. The lowest BCUT2D eigenvalue weighted by Crippen LogP contribution is -2.28. The summed E-state index contributed by atoms with van der Waals surface area (Å²) in [4.78, 5) is 2.54. The third-order valence-corrected chi connectivity index (χ3v) is 14.4. The number of rotatable bonds is 6. The van der Waals surface area contributed by atoms with Gasteiger partial charge in [-0.05, 0) is 105 Å². The maximum absolute atomic E-state index is 2.54. The molecule has 278 valence electrons. The predicted octanol–water partition coefficient (Wildman–Crippen LogP) is 15.2. The summed E-state index contributed by atoms with van der Waals surface area (Å²) < 4.78 is 2.61. The fourth-order valence-electron chi connectivity index (χ4n) is 10.6. The molecule has 0 N–H and O–H groups in total. The molecule has 0 radical (unpaired) electrons. The largest absolute Gasteiger partial charge is 0.310 e. The highest BCUT2D eigenvalue weighted by Gasteiger charge is 2.47. The zero-order chi connectivity index (χ0) is 39.1. The normalized spacial score (nSPS) is 15.7. The van der Waals surface area contributed by atoms with Crippen LogP contribution >= 0.6 is 11.3 Å². The van der Waals surface area contributed by atoms with Gasteiger partial charge in [0.15, 0.2) is 0 Å². The highest BCUT2D eigenvalue weighted by Crippen LogP contribution is 2.60. The second-order valence-electron chi connectivity index (χ2n) is 16.1. The molecule has 2 heteroatoms. The number of fused-ring (bicyclic) bond motifs is 9. The molecular formula is C57H39NS. The highest BCUT2D eigenvalue weighted by atomic mass is 32.1. The van der Waals surface area contributed by atoms with Crippen LogP contribution in [0.1, 0.15) is 45.9 Å². The Hall–Kier alpha value is -7.00. The minimum Gasteiger partial charge on any atom is -0.310 e. The summed E-state index contributed by atoms with van der Waals surface area (Å²) in [5.74, 6) is 0. The zero-order valence-corrected chi connectivity index (χ0v) is 33.5. The van der Waals surface area contributed by atoms with Crippen molar-refractivity contribution in [2.45, 2.75) is 17.8 Å². The number of thiophene rings is 1. The Morgan fingerprint density at radius 2 is 0.915 bits per heavy atom. The lowest BCUT2D eigenvalue weighted by Gasteiger charge is -2.34. The first-order chi connectivity index (χ1) is 29.2. The van der Waals surface area contributed by atoms with Crippen LogP contribution in [0, 0.1) is 0 Å². The maximum Gasteiger partial charge on any atom is 0.0714 e. The van der Waals surface area contributed by atoms with Gasteiger partial charge in [-0.25, -0.2) is 0 Å². The average Bonchev–Trinajstić information content (AvgIpc) is 3.92. The summed E-state index contributed by atoms with van der Waals surface area (Å²) in [6, 6.07) is 81.5. The van der Waals surface area contributed by atoms with Gasteiger partial charge in [-0.15, -0.1) is 11.3 Å². The summed E-state index contributed by atoms with van der Waals surface area (Å²) in [5, 5.41) is 2.58. The van der Waals surface area contributed by atoms with Crippen LogP contribution in [-0.2, 0) is 10.8 Å². The van der Waals surface area contributed by atoms with Crippen molar-refractivity contribution in [2.24, 2.45) is 0 Å². The van der Waals surface area contributed by atoms with Crippen LogP contribution in [0.2, 0.25) is 0 Å². The van der Waals surface area contributed by atoms with Gasteiger partial charge in [-0.3, -0.25) is 0 Å². The molecule has 0 saturated heterocycles. The smallest absolute Gasteiger partial charge is 0.0714 e. The molecule has 10 aromatic rings. The van der Waals surface area contributed by atoms with Gasteiger partial charge < -0.3 is 4.90 Å². The maximum atomic E-state index is 2.54. The average molecular weight is 770 g/mol. The van der Waals surface area contributed by atoms with Crippen molar-refractivity contribution in [3.8, 4) is 22.3 Å². The number of anilines is 3. The first-order valence-electron chi connectivity index (χ1n) is 20.5. The Labute approximate surface area is 349 Å². The molecule has 9 aromatic carbocycles. The van der Waals surface area contributed by atoms with E-state index in [4.69, 9.17) is 0 Å². The topological polar surface area (TPSA) is 3.24 Å². The minimum absolute atomic E-state index is 0.330. The van der Waals surface area contributed by atoms with E-state index in [-0.39, 0.29) is 5.41 Å². The minimum atomic E-state index is -0.505. The summed E-state index contributed by atoms with van der Waals surface area (Å²) in [5.41, 5.74) is 16.8. The molecule has 1 nitrogen and oxygen atoms in total.